The van der Waals surface area contributed by atoms with E-state index in [-0.39, 0.29) is 5.91 Å². The maximum absolute atomic E-state index is 12.1. The van der Waals surface area contributed by atoms with Gasteiger partial charge in [0.1, 0.15) is 5.75 Å². The lowest BCUT2D eigenvalue weighted by Gasteiger charge is -2.17. The van der Waals surface area contributed by atoms with Gasteiger partial charge in [0.25, 0.3) is 11.8 Å². The third-order valence-electron chi connectivity index (χ3n) is 3.84. The third kappa shape index (κ3) is 4.35. The van der Waals surface area contributed by atoms with E-state index in [0.717, 1.165) is 16.7 Å². The van der Waals surface area contributed by atoms with Crippen molar-refractivity contribution >= 4 is 11.8 Å². The average molecular weight is 326 g/mol. The Kier molecular flexibility index (Phi) is 5.58. The van der Waals surface area contributed by atoms with Gasteiger partial charge in [-0.2, -0.15) is 0 Å². The van der Waals surface area contributed by atoms with E-state index < -0.39 is 12.0 Å². The Morgan fingerprint density at radius 3 is 2.29 bits per heavy atom. The highest BCUT2D eigenvalue weighted by molar-refractivity contribution is 5.95. The molecule has 24 heavy (non-hydrogen) atoms. The number of aryl methyl sites for hydroxylation is 2. The molecule has 0 radical (unpaired) electrons. The lowest BCUT2D eigenvalue weighted by molar-refractivity contribution is -0.128. The van der Waals surface area contributed by atoms with Crippen molar-refractivity contribution in [2.45, 2.75) is 33.8 Å². The molecule has 0 unspecified atom stereocenters. The standard InChI is InChI=1S/C19H22N2O3/c1-12-8-10-16(11-9-12)19(23)21-20-18(22)15(4)24-17-7-5-6-13(2)14(17)3/h5-11,15H,1-4H3,(H,20,22)(H,21,23)/t15-/m0/s1. The molecule has 0 bridgehead atoms. The molecule has 1 atom stereocenters. The number of benzene rings is 2. The second-order valence-electron chi connectivity index (χ2n) is 5.77. The number of nitrogens with one attached hydrogen (secondary N) is 2. The van der Waals surface area contributed by atoms with Crippen LogP contribution in [-0.4, -0.2) is 17.9 Å². The van der Waals surface area contributed by atoms with Gasteiger partial charge < -0.3 is 4.74 Å². The van der Waals surface area contributed by atoms with Gasteiger partial charge in [-0.15, -0.1) is 0 Å². The number of rotatable bonds is 4. The van der Waals surface area contributed by atoms with E-state index >= 15 is 0 Å². The van der Waals surface area contributed by atoms with E-state index in [1.165, 1.54) is 0 Å². The molecule has 0 aliphatic rings. The van der Waals surface area contributed by atoms with Crippen LogP contribution >= 0.6 is 0 Å². The predicted octanol–water partition coefficient (Wildman–Crippen LogP) is 2.84. The third-order valence-corrected chi connectivity index (χ3v) is 3.84. The SMILES string of the molecule is Cc1ccc(C(=O)NNC(=O)[C@H](C)Oc2cccc(C)c2C)cc1. The zero-order valence-corrected chi connectivity index (χ0v) is 14.3. The summed E-state index contributed by atoms with van der Waals surface area (Å²) in [6.07, 6.45) is -0.733. The van der Waals surface area contributed by atoms with Crippen LogP contribution in [0.15, 0.2) is 42.5 Å². The highest BCUT2D eigenvalue weighted by Crippen LogP contribution is 2.21. The van der Waals surface area contributed by atoms with E-state index in [1.807, 2.05) is 51.1 Å². The second-order valence-corrected chi connectivity index (χ2v) is 5.77. The minimum atomic E-state index is -0.733. The molecule has 5 heteroatoms. The number of ether oxygens (including phenoxy) is 1. The molecule has 0 aliphatic heterocycles. The van der Waals surface area contributed by atoms with Crippen LogP contribution in [0.25, 0.3) is 0 Å². The van der Waals surface area contributed by atoms with Gasteiger partial charge in [0.15, 0.2) is 6.10 Å². The normalized spacial score (nSPS) is 11.5. The maximum atomic E-state index is 12.1. The molecular formula is C19H22N2O3. The van der Waals surface area contributed by atoms with Crippen molar-refractivity contribution in [1.82, 2.24) is 10.9 Å². The van der Waals surface area contributed by atoms with Crippen LogP contribution < -0.4 is 15.6 Å². The first-order valence-corrected chi connectivity index (χ1v) is 7.78. The molecule has 0 fully saturated rings. The van der Waals surface area contributed by atoms with Gasteiger partial charge in [-0.25, -0.2) is 0 Å². The quantitative estimate of drug-likeness (QED) is 0.849. The Hall–Kier alpha value is -2.82. The number of carbonyl (C=O) groups excluding carboxylic acids is 2. The molecule has 2 aromatic rings. The Balaban J connectivity index is 1.91. The smallest absolute Gasteiger partial charge is 0.279 e. The van der Waals surface area contributed by atoms with Crippen molar-refractivity contribution in [2.24, 2.45) is 0 Å². The fourth-order valence-corrected chi connectivity index (χ4v) is 2.09. The maximum Gasteiger partial charge on any atom is 0.279 e. The molecule has 2 amide bonds. The number of hydrazine groups is 1. The number of amides is 2. The summed E-state index contributed by atoms with van der Waals surface area (Å²) in [4.78, 5) is 24.1. The van der Waals surface area contributed by atoms with Crippen LogP contribution in [0.5, 0.6) is 5.75 Å². The molecule has 2 N–H and O–H groups in total. The molecule has 0 heterocycles. The van der Waals surface area contributed by atoms with Crippen LogP contribution in [0, 0.1) is 20.8 Å². The number of hydrogen-bond acceptors (Lipinski definition) is 3. The van der Waals surface area contributed by atoms with Gasteiger partial charge in [0, 0.05) is 5.56 Å². The van der Waals surface area contributed by atoms with E-state index in [9.17, 15) is 9.59 Å². The van der Waals surface area contributed by atoms with E-state index in [1.54, 1.807) is 19.1 Å². The van der Waals surface area contributed by atoms with Crippen molar-refractivity contribution < 1.29 is 14.3 Å². The Morgan fingerprint density at radius 2 is 1.62 bits per heavy atom. The minimum absolute atomic E-state index is 0.373. The molecule has 0 aromatic heterocycles. The Bertz CT molecular complexity index is 739. The summed E-state index contributed by atoms with van der Waals surface area (Å²) in [6.45, 7) is 7.49. The van der Waals surface area contributed by atoms with Gasteiger partial charge in [0.05, 0.1) is 0 Å². The summed E-state index contributed by atoms with van der Waals surface area (Å²) in [6, 6.07) is 12.7. The Labute approximate surface area is 142 Å². The van der Waals surface area contributed by atoms with Gasteiger partial charge in [-0.1, -0.05) is 29.8 Å². The fraction of sp³-hybridized carbons (Fsp3) is 0.263. The minimum Gasteiger partial charge on any atom is -0.481 e. The molecular weight excluding hydrogens is 304 g/mol. The lowest BCUT2D eigenvalue weighted by atomic mass is 10.1. The van der Waals surface area contributed by atoms with Crippen molar-refractivity contribution in [2.75, 3.05) is 0 Å². The van der Waals surface area contributed by atoms with Gasteiger partial charge >= 0.3 is 0 Å². The summed E-state index contributed by atoms with van der Waals surface area (Å²) in [5, 5.41) is 0. The fourth-order valence-electron chi connectivity index (χ4n) is 2.09. The first-order chi connectivity index (χ1) is 11.4. The van der Waals surface area contributed by atoms with E-state index in [4.69, 9.17) is 4.74 Å². The summed E-state index contributed by atoms with van der Waals surface area (Å²) < 4.78 is 5.68. The van der Waals surface area contributed by atoms with Crippen LogP contribution in [-0.2, 0) is 4.79 Å². The topological polar surface area (TPSA) is 67.4 Å². The number of hydrogen-bond donors (Lipinski definition) is 2. The van der Waals surface area contributed by atoms with Crippen LogP contribution in [0.1, 0.15) is 34.0 Å². The predicted molar refractivity (Wildman–Crippen MR) is 92.8 cm³/mol. The molecule has 0 spiro atoms. The monoisotopic (exact) mass is 326 g/mol. The molecule has 2 rings (SSSR count). The van der Waals surface area contributed by atoms with Crippen molar-refractivity contribution in [3.05, 3.63) is 64.7 Å². The van der Waals surface area contributed by atoms with Crippen LogP contribution in [0.2, 0.25) is 0 Å². The lowest BCUT2D eigenvalue weighted by Crippen LogP contribution is -2.47. The first kappa shape index (κ1) is 17.5. The summed E-state index contributed by atoms with van der Waals surface area (Å²) in [7, 11) is 0. The van der Waals surface area contributed by atoms with Gasteiger partial charge in [0.2, 0.25) is 0 Å². The zero-order chi connectivity index (χ0) is 17.7. The Morgan fingerprint density at radius 1 is 0.958 bits per heavy atom. The molecule has 0 saturated heterocycles. The zero-order valence-electron chi connectivity index (χ0n) is 14.3. The summed E-state index contributed by atoms with van der Waals surface area (Å²) in [5.74, 6) is -0.138. The van der Waals surface area contributed by atoms with Crippen molar-refractivity contribution in [3.63, 3.8) is 0 Å². The molecule has 126 valence electrons. The van der Waals surface area contributed by atoms with Gasteiger partial charge in [-0.05, 0) is 57.0 Å². The number of carbonyl (C=O) groups is 2. The largest absolute Gasteiger partial charge is 0.481 e. The van der Waals surface area contributed by atoms with Crippen molar-refractivity contribution in [1.29, 1.82) is 0 Å². The summed E-state index contributed by atoms with van der Waals surface area (Å²) >= 11 is 0. The van der Waals surface area contributed by atoms with Crippen molar-refractivity contribution in [3.8, 4) is 5.75 Å². The highest BCUT2D eigenvalue weighted by Gasteiger charge is 2.17. The highest BCUT2D eigenvalue weighted by atomic mass is 16.5. The molecule has 0 aliphatic carbocycles. The second kappa shape index (κ2) is 7.64. The van der Waals surface area contributed by atoms with Crippen LogP contribution in [0.4, 0.5) is 0 Å². The average Bonchev–Trinajstić information content (AvgIpc) is 2.57. The van der Waals surface area contributed by atoms with E-state index in [0.29, 0.717) is 11.3 Å². The molecule has 5 nitrogen and oxygen atoms in total. The first-order valence-electron chi connectivity index (χ1n) is 7.78. The van der Waals surface area contributed by atoms with Crippen LogP contribution in [0.3, 0.4) is 0 Å². The van der Waals surface area contributed by atoms with E-state index in [2.05, 4.69) is 10.9 Å². The summed E-state index contributed by atoms with van der Waals surface area (Å²) in [5.41, 5.74) is 8.39. The molecule has 0 saturated carbocycles. The van der Waals surface area contributed by atoms with Gasteiger partial charge in [-0.3, -0.25) is 20.4 Å². The molecule has 2 aromatic carbocycles.